The zero-order valence-electron chi connectivity index (χ0n) is 7.87. The van der Waals surface area contributed by atoms with Crippen molar-refractivity contribution in [2.45, 2.75) is 13.0 Å². The second-order valence-corrected chi connectivity index (χ2v) is 2.64. The Bertz CT molecular complexity index is 377. The summed E-state index contributed by atoms with van der Waals surface area (Å²) in [6.45, 7) is -0.661. The van der Waals surface area contributed by atoms with Crippen molar-refractivity contribution in [1.29, 1.82) is 5.26 Å². The maximum atomic E-state index is 12.6. The third-order valence-electron chi connectivity index (χ3n) is 1.80. The normalized spacial score (nSPS) is 10.1. The first kappa shape index (κ1) is 11.3. The first-order chi connectivity index (χ1) is 7.13. The molecule has 15 heavy (non-hydrogen) atoms. The summed E-state index contributed by atoms with van der Waals surface area (Å²) in [6.07, 6.45) is -2.80. The number of rotatable bonds is 3. The minimum atomic E-state index is -2.80. The van der Waals surface area contributed by atoms with Gasteiger partial charge >= 0.3 is 0 Å². The van der Waals surface area contributed by atoms with Crippen LogP contribution in [-0.4, -0.2) is 17.2 Å². The molecular formula is C9H8F2N2O2. The summed E-state index contributed by atoms with van der Waals surface area (Å²) in [5, 5.41) is 17.4. The van der Waals surface area contributed by atoms with Crippen LogP contribution >= 0.6 is 0 Å². The van der Waals surface area contributed by atoms with Crippen LogP contribution in [0.25, 0.3) is 0 Å². The number of nitrogens with zero attached hydrogens (tertiary/aromatic N) is 2. The maximum absolute atomic E-state index is 12.6. The zero-order valence-corrected chi connectivity index (χ0v) is 7.87. The summed E-state index contributed by atoms with van der Waals surface area (Å²) in [5.74, 6) is -0.138. The van der Waals surface area contributed by atoms with Crippen LogP contribution in [0.2, 0.25) is 0 Å². The van der Waals surface area contributed by atoms with E-state index in [1.807, 2.05) is 0 Å². The fourth-order valence-corrected chi connectivity index (χ4v) is 1.16. The van der Waals surface area contributed by atoms with Crippen molar-refractivity contribution in [3.05, 3.63) is 23.0 Å². The van der Waals surface area contributed by atoms with E-state index in [1.165, 1.54) is 7.11 Å². The predicted molar refractivity (Wildman–Crippen MR) is 46.4 cm³/mol. The van der Waals surface area contributed by atoms with E-state index in [0.717, 1.165) is 6.07 Å². The number of hydrogen-bond donors (Lipinski definition) is 1. The molecule has 6 heteroatoms. The fraction of sp³-hybridized carbons (Fsp3) is 0.333. The van der Waals surface area contributed by atoms with Gasteiger partial charge in [0.05, 0.1) is 25.0 Å². The Morgan fingerprint density at radius 2 is 2.33 bits per heavy atom. The third-order valence-corrected chi connectivity index (χ3v) is 1.80. The quantitative estimate of drug-likeness (QED) is 0.825. The molecular weight excluding hydrogens is 206 g/mol. The highest BCUT2D eigenvalue weighted by molar-refractivity contribution is 5.42. The van der Waals surface area contributed by atoms with Crippen LogP contribution in [0.3, 0.4) is 0 Å². The van der Waals surface area contributed by atoms with Crippen LogP contribution in [0.15, 0.2) is 6.07 Å². The van der Waals surface area contributed by atoms with E-state index < -0.39 is 18.6 Å². The number of ether oxygens (including phenoxy) is 1. The first-order valence-electron chi connectivity index (χ1n) is 4.01. The summed E-state index contributed by atoms with van der Waals surface area (Å²) >= 11 is 0. The molecule has 0 saturated carbocycles. The van der Waals surface area contributed by atoms with Gasteiger partial charge in [0.25, 0.3) is 6.43 Å². The van der Waals surface area contributed by atoms with E-state index in [9.17, 15) is 8.78 Å². The lowest BCUT2D eigenvalue weighted by molar-refractivity contribution is 0.141. The number of methoxy groups -OCH3 is 1. The molecule has 0 aromatic carbocycles. The van der Waals surface area contributed by atoms with Gasteiger partial charge in [-0.1, -0.05) is 0 Å². The van der Waals surface area contributed by atoms with Crippen LogP contribution in [-0.2, 0) is 6.61 Å². The Morgan fingerprint density at radius 1 is 1.67 bits per heavy atom. The Kier molecular flexibility index (Phi) is 3.52. The molecule has 1 rings (SSSR count). The summed E-state index contributed by atoms with van der Waals surface area (Å²) in [6, 6.07) is 2.81. The van der Waals surface area contributed by atoms with Crippen LogP contribution in [0.4, 0.5) is 8.78 Å². The second-order valence-electron chi connectivity index (χ2n) is 2.64. The van der Waals surface area contributed by atoms with Gasteiger partial charge in [-0.05, 0) is 0 Å². The highest BCUT2D eigenvalue weighted by Crippen LogP contribution is 2.31. The number of nitriles is 1. The molecule has 0 unspecified atom stereocenters. The van der Waals surface area contributed by atoms with Gasteiger partial charge in [0, 0.05) is 6.07 Å². The fourth-order valence-electron chi connectivity index (χ4n) is 1.16. The molecule has 4 nitrogen and oxygen atoms in total. The van der Waals surface area contributed by atoms with Crippen molar-refractivity contribution in [3.8, 4) is 11.8 Å². The molecule has 0 bridgehead atoms. The molecule has 0 atom stereocenters. The van der Waals surface area contributed by atoms with Gasteiger partial charge in [-0.25, -0.2) is 13.8 Å². The maximum Gasteiger partial charge on any atom is 0.269 e. The van der Waals surface area contributed by atoms with Gasteiger partial charge in [-0.15, -0.1) is 0 Å². The second kappa shape index (κ2) is 4.66. The average molecular weight is 214 g/mol. The van der Waals surface area contributed by atoms with Crippen molar-refractivity contribution in [3.63, 3.8) is 0 Å². The highest BCUT2D eigenvalue weighted by Gasteiger charge is 2.20. The van der Waals surface area contributed by atoms with E-state index >= 15 is 0 Å². The van der Waals surface area contributed by atoms with Gasteiger partial charge in [-0.3, -0.25) is 0 Å². The molecule has 0 spiro atoms. The van der Waals surface area contributed by atoms with E-state index in [0.29, 0.717) is 0 Å². The van der Waals surface area contributed by atoms with Crippen molar-refractivity contribution in [2.75, 3.05) is 7.11 Å². The molecule has 1 aromatic rings. The molecule has 0 fully saturated rings. The molecule has 80 valence electrons. The average Bonchev–Trinajstić information content (AvgIpc) is 2.26. The summed E-state index contributed by atoms with van der Waals surface area (Å²) in [4.78, 5) is 3.57. The van der Waals surface area contributed by atoms with Crippen molar-refractivity contribution in [1.82, 2.24) is 4.98 Å². The third kappa shape index (κ3) is 2.19. The van der Waals surface area contributed by atoms with Crippen LogP contribution in [0.5, 0.6) is 5.75 Å². The molecule has 0 aliphatic rings. The van der Waals surface area contributed by atoms with Gasteiger partial charge in [-0.2, -0.15) is 5.26 Å². The molecule has 1 N–H and O–H groups in total. The number of aromatic nitrogens is 1. The lowest BCUT2D eigenvalue weighted by Crippen LogP contribution is -2.04. The molecule has 0 radical (unpaired) electrons. The Balaban J connectivity index is 3.41. The van der Waals surface area contributed by atoms with Crippen molar-refractivity contribution < 1.29 is 18.6 Å². The van der Waals surface area contributed by atoms with E-state index in [2.05, 4.69) is 4.98 Å². The van der Waals surface area contributed by atoms with Crippen LogP contribution in [0, 0.1) is 11.3 Å². The number of aliphatic hydroxyl groups excluding tert-OH is 1. The van der Waals surface area contributed by atoms with Crippen molar-refractivity contribution in [2.24, 2.45) is 0 Å². The molecule has 0 aliphatic heterocycles. The van der Waals surface area contributed by atoms with E-state index in [4.69, 9.17) is 15.1 Å². The Morgan fingerprint density at radius 3 is 2.73 bits per heavy atom. The Hall–Kier alpha value is -1.74. The smallest absolute Gasteiger partial charge is 0.269 e. The van der Waals surface area contributed by atoms with Gasteiger partial charge < -0.3 is 9.84 Å². The summed E-state index contributed by atoms with van der Waals surface area (Å²) in [7, 11) is 1.21. The van der Waals surface area contributed by atoms with E-state index in [1.54, 1.807) is 6.07 Å². The van der Waals surface area contributed by atoms with E-state index in [-0.39, 0.29) is 17.1 Å². The molecule has 0 amide bonds. The SMILES string of the molecule is COc1cc(C#N)nc(CO)c1C(F)F. The summed E-state index contributed by atoms with van der Waals surface area (Å²) in [5.41, 5.74) is -0.778. The lowest BCUT2D eigenvalue weighted by atomic mass is 10.1. The van der Waals surface area contributed by atoms with Crippen LogP contribution in [0.1, 0.15) is 23.4 Å². The topological polar surface area (TPSA) is 66.1 Å². The Labute approximate surface area is 84.7 Å². The highest BCUT2D eigenvalue weighted by atomic mass is 19.3. The monoisotopic (exact) mass is 214 g/mol. The molecule has 1 aromatic heterocycles. The van der Waals surface area contributed by atoms with Gasteiger partial charge in [0.15, 0.2) is 0 Å². The van der Waals surface area contributed by atoms with Gasteiger partial charge in [0.2, 0.25) is 0 Å². The lowest BCUT2D eigenvalue weighted by Gasteiger charge is -2.11. The number of pyridine rings is 1. The number of halogens is 2. The molecule has 1 heterocycles. The predicted octanol–water partition coefficient (Wildman–Crippen LogP) is 1.39. The van der Waals surface area contributed by atoms with Gasteiger partial charge in [0.1, 0.15) is 17.5 Å². The summed E-state index contributed by atoms with van der Waals surface area (Å²) < 4.78 is 29.9. The zero-order chi connectivity index (χ0) is 11.4. The first-order valence-corrected chi connectivity index (χ1v) is 4.01. The number of hydrogen-bond acceptors (Lipinski definition) is 4. The molecule has 0 aliphatic carbocycles. The minimum absolute atomic E-state index is 0.0692. The number of alkyl halides is 2. The van der Waals surface area contributed by atoms with Crippen molar-refractivity contribution >= 4 is 0 Å². The minimum Gasteiger partial charge on any atom is -0.496 e. The standard InChI is InChI=1S/C9H8F2N2O2/c1-15-7-2-5(3-12)13-6(4-14)8(7)9(10)11/h2,9,14H,4H2,1H3. The van der Waals surface area contributed by atoms with Crippen LogP contribution < -0.4 is 4.74 Å². The number of aliphatic hydroxyl groups is 1. The molecule has 0 saturated heterocycles. The largest absolute Gasteiger partial charge is 0.496 e.